The summed E-state index contributed by atoms with van der Waals surface area (Å²) < 4.78 is 0.837. The number of aromatic nitrogens is 2. The molecule has 1 saturated carbocycles. The van der Waals surface area contributed by atoms with Crippen molar-refractivity contribution < 1.29 is 0 Å². The molecular weight excluding hydrogens is 254 g/mol. The highest BCUT2D eigenvalue weighted by Crippen LogP contribution is 2.40. The summed E-state index contributed by atoms with van der Waals surface area (Å²) in [4.78, 5) is 8.57. The first-order valence-electron chi connectivity index (χ1n) is 5.27. The molecule has 1 fully saturated rings. The molecule has 0 saturated heterocycles. The van der Waals surface area contributed by atoms with Crippen LogP contribution in [0.15, 0.2) is 10.7 Å². The zero-order chi connectivity index (χ0) is 11.1. The maximum atomic E-state index is 4.38. The predicted molar refractivity (Wildman–Crippen MR) is 64.9 cm³/mol. The van der Waals surface area contributed by atoms with Crippen molar-refractivity contribution in [2.75, 3.05) is 5.32 Å². The van der Waals surface area contributed by atoms with E-state index < -0.39 is 0 Å². The van der Waals surface area contributed by atoms with Crippen LogP contribution in [-0.4, -0.2) is 15.5 Å². The van der Waals surface area contributed by atoms with Gasteiger partial charge in [0.2, 0.25) is 0 Å². The fourth-order valence-electron chi connectivity index (χ4n) is 1.83. The molecular formula is C11H16BrN3. The lowest BCUT2D eigenvalue weighted by molar-refractivity contribution is 0.492. The summed E-state index contributed by atoms with van der Waals surface area (Å²) in [6, 6.07) is 1.93. The van der Waals surface area contributed by atoms with E-state index in [0.29, 0.717) is 0 Å². The Balaban J connectivity index is 2.16. The van der Waals surface area contributed by atoms with Crippen molar-refractivity contribution in [3.8, 4) is 0 Å². The number of nitrogens with zero attached hydrogens (tertiary/aromatic N) is 2. The summed E-state index contributed by atoms with van der Waals surface area (Å²) in [5, 5.41) is 3.48. The molecule has 1 N–H and O–H groups in total. The van der Waals surface area contributed by atoms with Gasteiger partial charge in [-0.2, -0.15) is 0 Å². The first-order chi connectivity index (χ1) is 6.97. The minimum atomic E-state index is 0.139. The molecule has 1 aromatic rings. The van der Waals surface area contributed by atoms with Crippen LogP contribution in [0.4, 0.5) is 5.82 Å². The van der Waals surface area contributed by atoms with Crippen LogP contribution in [-0.2, 0) is 0 Å². The molecule has 0 atom stereocenters. The van der Waals surface area contributed by atoms with Crippen LogP contribution in [0.1, 0.15) is 32.5 Å². The quantitative estimate of drug-likeness (QED) is 0.857. The zero-order valence-electron chi connectivity index (χ0n) is 9.34. The van der Waals surface area contributed by atoms with Gasteiger partial charge in [-0.25, -0.2) is 9.97 Å². The normalized spacial score (nSPS) is 16.5. The predicted octanol–water partition coefficient (Wildman–Crippen LogP) is 3.15. The van der Waals surface area contributed by atoms with Crippen molar-refractivity contribution in [2.24, 2.45) is 5.92 Å². The number of anilines is 1. The third kappa shape index (κ3) is 2.68. The van der Waals surface area contributed by atoms with Gasteiger partial charge in [-0.15, -0.1) is 0 Å². The van der Waals surface area contributed by atoms with Crippen LogP contribution < -0.4 is 5.32 Å². The van der Waals surface area contributed by atoms with Gasteiger partial charge in [-0.05, 0) is 55.5 Å². The molecule has 1 aliphatic carbocycles. The molecule has 0 spiro atoms. The van der Waals surface area contributed by atoms with E-state index in [9.17, 15) is 0 Å². The van der Waals surface area contributed by atoms with Crippen molar-refractivity contribution in [1.29, 1.82) is 0 Å². The van der Waals surface area contributed by atoms with Gasteiger partial charge in [0.25, 0.3) is 0 Å². The zero-order valence-corrected chi connectivity index (χ0v) is 10.9. The summed E-state index contributed by atoms with van der Waals surface area (Å²) in [6.45, 7) is 6.37. The molecule has 4 heteroatoms. The average molecular weight is 270 g/mol. The van der Waals surface area contributed by atoms with Gasteiger partial charge in [0.05, 0.1) is 0 Å². The minimum absolute atomic E-state index is 0.139. The molecule has 0 amide bonds. The molecule has 82 valence electrons. The molecule has 0 bridgehead atoms. The topological polar surface area (TPSA) is 37.8 Å². The third-order valence-electron chi connectivity index (χ3n) is 2.85. The molecule has 0 aliphatic heterocycles. The van der Waals surface area contributed by atoms with Crippen molar-refractivity contribution in [1.82, 2.24) is 9.97 Å². The van der Waals surface area contributed by atoms with E-state index >= 15 is 0 Å². The second kappa shape index (κ2) is 3.74. The molecule has 15 heavy (non-hydrogen) atoms. The van der Waals surface area contributed by atoms with Gasteiger partial charge in [-0.1, -0.05) is 0 Å². The standard InChI is InChI=1S/C11H16BrN3/c1-7-13-9(12)6-10(14-7)15-11(2,3)8-4-5-8/h6,8H,4-5H2,1-3H3,(H,13,14,15). The summed E-state index contributed by atoms with van der Waals surface area (Å²) in [5.41, 5.74) is 0.139. The van der Waals surface area contributed by atoms with Crippen LogP contribution in [0.3, 0.4) is 0 Å². The Hall–Kier alpha value is -0.640. The Morgan fingerprint density at radius 1 is 1.40 bits per heavy atom. The SMILES string of the molecule is Cc1nc(Br)cc(NC(C)(C)C2CC2)n1. The van der Waals surface area contributed by atoms with Crippen molar-refractivity contribution in [2.45, 2.75) is 39.2 Å². The van der Waals surface area contributed by atoms with Crippen LogP contribution >= 0.6 is 15.9 Å². The van der Waals surface area contributed by atoms with Gasteiger partial charge in [0, 0.05) is 11.6 Å². The number of hydrogen-bond donors (Lipinski definition) is 1. The van der Waals surface area contributed by atoms with E-state index in [1.807, 2.05) is 13.0 Å². The fourth-order valence-corrected chi connectivity index (χ4v) is 2.31. The van der Waals surface area contributed by atoms with Crippen LogP contribution in [0.25, 0.3) is 0 Å². The Kier molecular flexibility index (Phi) is 2.71. The molecule has 3 nitrogen and oxygen atoms in total. The molecule has 0 aromatic carbocycles. The summed E-state index contributed by atoms with van der Waals surface area (Å²) in [7, 11) is 0. The Morgan fingerprint density at radius 3 is 2.60 bits per heavy atom. The Morgan fingerprint density at radius 2 is 2.07 bits per heavy atom. The van der Waals surface area contributed by atoms with Gasteiger partial charge in [-0.3, -0.25) is 0 Å². The van der Waals surface area contributed by atoms with E-state index in [2.05, 4.69) is 45.1 Å². The number of halogens is 1. The van der Waals surface area contributed by atoms with Gasteiger partial charge >= 0.3 is 0 Å². The number of hydrogen-bond acceptors (Lipinski definition) is 3. The van der Waals surface area contributed by atoms with E-state index in [0.717, 1.165) is 22.2 Å². The summed E-state index contributed by atoms with van der Waals surface area (Å²) in [6.07, 6.45) is 2.65. The van der Waals surface area contributed by atoms with E-state index in [-0.39, 0.29) is 5.54 Å². The molecule has 0 unspecified atom stereocenters. The van der Waals surface area contributed by atoms with Gasteiger partial charge in [0.15, 0.2) is 0 Å². The molecule has 1 aliphatic rings. The number of rotatable bonds is 3. The van der Waals surface area contributed by atoms with Crippen LogP contribution in [0.5, 0.6) is 0 Å². The van der Waals surface area contributed by atoms with Gasteiger partial charge in [0.1, 0.15) is 16.2 Å². The third-order valence-corrected chi connectivity index (χ3v) is 3.26. The van der Waals surface area contributed by atoms with E-state index in [4.69, 9.17) is 0 Å². The lowest BCUT2D eigenvalue weighted by Gasteiger charge is -2.26. The van der Waals surface area contributed by atoms with Gasteiger partial charge < -0.3 is 5.32 Å². The second-order valence-electron chi connectivity index (χ2n) is 4.74. The molecule has 1 heterocycles. The maximum Gasteiger partial charge on any atom is 0.131 e. The monoisotopic (exact) mass is 269 g/mol. The lowest BCUT2D eigenvalue weighted by Crippen LogP contribution is -2.33. The van der Waals surface area contributed by atoms with Crippen LogP contribution in [0.2, 0.25) is 0 Å². The fraction of sp³-hybridized carbons (Fsp3) is 0.636. The minimum Gasteiger partial charge on any atom is -0.365 e. The van der Waals surface area contributed by atoms with Crippen molar-refractivity contribution in [3.63, 3.8) is 0 Å². The molecule has 2 rings (SSSR count). The Bertz CT molecular complexity index is 352. The molecule has 0 radical (unpaired) electrons. The van der Waals surface area contributed by atoms with Crippen LogP contribution in [0, 0.1) is 12.8 Å². The summed E-state index contributed by atoms with van der Waals surface area (Å²) in [5.74, 6) is 2.48. The van der Waals surface area contributed by atoms with E-state index in [1.165, 1.54) is 12.8 Å². The summed E-state index contributed by atoms with van der Waals surface area (Å²) >= 11 is 3.38. The first kappa shape index (κ1) is 10.9. The highest BCUT2D eigenvalue weighted by atomic mass is 79.9. The second-order valence-corrected chi connectivity index (χ2v) is 5.56. The highest BCUT2D eigenvalue weighted by Gasteiger charge is 2.37. The van der Waals surface area contributed by atoms with Crippen molar-refractivity contribution in [3.05, 3.63) is 16.5 Å². The molecule has 1 aromatic heterocycles. The lowest BCUT2D eigenvalue weighted by atomic mass is 9.99. The van der Waals surface area contributed by atoms with E-state index in [1.54, 1.807) is 0 Å². The number of aryl methyl sites for hydroxylation is 1. The largest absolute Gasteiger partial charge is 0.365 e. The number of nitrogens with one attached hydrogen (secondary N) is 1. The maximum absolute atomic E-state index is 4.38. The first-order valence-corrected chi connectivity index (χ1v) is 6.06. The smallest absolute Gasteiger partial charge is 0.131 e. The Labute approximate surface area is 98.8 Å². The average Bonchev–Trinajstić information content (AvgIpc) is 2.80. The van der Waals surface area contributed by atoms with Crippen molar-refractivity contribution >= 4 is 21.7 Å². The highest BCUT2D eigenvalue weighted by molar-refractivity contribution is 9.10.